The summed E-state index contributed by atoms with van der Waals surface area (Å²) in [6.07, 6.45) is 0.287. The van der Waals surface area contributed by atoms with E-state index in [1.54, 1.807) is 0 Å². The van der Waals surface area contributed by atoms with Gasteiger partial charge in [0, 0.05) is 25.4 Å². The highest BCUT2D eigenvalue weighted by atomic mass is 19.1. The zero-order valence-corrected chi connectivity index (χ0v) is 9.56. The second-order valence-electron chi connectivity index (χ2n) is 4.06. The molecule has 0 bridgehead atoms. The average Bonchev–Trinajstić information content (AvgIpc) is 2.29. The van der Waals surface area contributed by atoms with Crippen molar-refractivity contribution in [3.8, 4) is 6.07 Å². The van der Waals surface area contributed by atoms with Gasteiger partial charge in [0.1, 0.15) is 0 Å². The number of halogens is 1. The number of nitrogens with zero attached hydrogens (tertiary/aromatic N) is 2. The number of benzene rings is 1. The Kier molecular flexibility index (Phi) is 5.52. The van der Waals surface area contributed by atoms with Crippen LogP contribution in [0.3, 0.4) is 0 Å². The highest BCUT2D eigenvalue weighted by molar-refractivity contribution is 5.14. The molecule has 1 rings (SSSR count). The molecule has 0 N–H and O–H groups in total. The molecule has 1 unspecified atom stereocenters. The molecule has 0 saturated heterocycles. The topological polar surface area (TPSA) is 27.0 Å². The van der Waals surface area contributed by atoms with E-state index in [0.717, 1.165) is 6.54 Å². The van der Waals surface area contributed by atoms with Crippen molar-refractivity contribution in [2.45, 2.75) is 13.0 Å². The van der Waals surface area contributed by atoms with Crippen LogP contribution in [-0.2, 0) is 6.54 Å². The lowest BCUT2D eigenvalue weighted by Gasteiger charge is -2.20. The van der Waals surface area contributed by atoms with Gasteiger partial charge in [0.2, 0.25) is 0 Å². The Morgan fingerprint density at radius 3 is 2.62 bits per heavy atom. The maximum absolute atomic E-state index is 12.6. The Hall–Kier alpha value is -1.40. The van der Waals surface area contributed by atoms with Gasteiger partial charge in [-0.3, -0.25) is 4.39 Å². The maximum atomic E-state index is 12.6. The number of nitriles is 1. The third-order valence-corrected chi connectivity index (χ3v) is 2.46. The second-order valence-corrected chi connectivity index (χ2v) is 4.06. The first-order valence-electron chi connectivity index (χ1n) is 5.41. The maximum Gasteiger partial charge on any atom is 0.0944 e. The van der Waals surface area contributed by atoms with E-state index in [2.05, 4.69) is 4.90 Å². The molecule has 0 radical (unpaired) electrons. The van der Waals surface area contributed by atoms with Gasteiger partial charge in [-0.05, 0) is 12.6 Å². The van der Waals surface area contributed by atoms with Gasteiger partial charge in [0.05, 0.1) is 12.7 Å². The zero-order chi connectivity index (χ0) is 11.8. The zero-order valence-electron chi connectivity index (χ0n) is 9.56. The third-order valence-electron chi connectivity index (χ3n) is 2.46. The molecule has 0 aromatic heterocycles. The van der Waals surface area contributed by atoms with E-state index in [-0.39, 0.29) is 12.3 Å². The lowest BCUT2D eigenvalue weighted by Crippen LogP contribution is -2.26. The summed E-state index contributed by atoms with van der Waals surface area (Å²) in [6, 6.07) is 12.1. The van der Waals surface area contributed by atoms with Crippen LogP contribution >= 0.6 is 0 Å². The quantitative estimate of drug-likeness (QED) is 0.737. The van der Waals surface area contributed by atoms with Crippen molar-refractivity contribution in [2.24, 2.45) is 5.92 Å². The Balaban J connectivity index is 2.41. The molecule has 0 aliphatic carbocycles. The summed E-state index contributed by atoms with van der Waals surface area (Å²) in [4.78, 5) is 2.05. The molecule has 0 saturated carbocycles. The van der Waals surface area contributed by atoms with Gasteiger partial charge in [-0.2, -0.15) is 5.26 Å². The molecular formula is C13H17FN2. The van der Waals surface area contributed by atoms with Gasteiger partial charge in [-0.15, -0.1) is 0 Å². The van der Waals surface area contributed by atoms with Crippen LogP contribution in [0.15, 0.2) is 30.3 Å². The van der Waals surface area contributed by atoms with Gasteiger partial charge >= 0.3 is 0 Å². The smallest absolute Gasteiger partial charge is 0.0944 e. The van der Waals surface area contributed by atoms with Crippen LogP contribution in [0.25, 0.3) is 0 Å². The van der Waals surface area contributed by atoms with E-state index in [1.165, 1.54) is 5.56 Å². The van der Waals surface area contributed by atoms with Crippen LogP contribution in [0.1, 0.15) is 12.0 Å². The molecular weight excluding hydrogens is 203 g/mol. The van der Waals surface area contributed by atoms with Gasteiger partial charge in [-0.1, -0.05) is 30.3 Å². The molecule has 2 nitrogen and oxygen atoms in total. The first-order valence-corrected chi connectivity index (χ1v) is 5.41. The van der Waals surface area contributed by atoms with Crippen molar-refractivity contribution in [3.05, 3.63) is 35.9 Å². The summed E-state index contributed by atoms with van der Waals surface area (Å²) in [6.45, 7) is 0.994. The largest absolute Gasteiger partial charge is 0.302 e. The van der Waals surface area contributed by atoms with E-state index in [1.807, 2.05) is 43.4 Å². The molecule has 86 valence electrons. The molecule has 0 spiro atoms. The van der Waals surface area contributed by atoms with Crippen molar-refractivity contribution in [1.82, 2.24) is 4.90 Å². The first kappa shape index (κ1) is 12.7. The van der Waals surface area contributed by atoms with Crippen LogP contribution in [-0.4, -0.2) is 25.2 Å². The van der Waals surface area contributed by atoms with E-state index in [9.17, 15) is 4.39 Å². The summed E-state index contributed by atoms with van der Waals surface area (Å²) in [5.74, 6) is -0.168. The predicted octanol–water partition coefficient (Wildman–Crippen LogP) is 2.62. The molecule has 1 aromatic rings. The molecule has 16 heavy (non-hydrogen) atoms. The summed E-state index contributed by atoms with van der Waals surface area (Å²) in [5.41, 5.74) is 1.21. The van der Waals surface area contributed by atoms with Crippen LogP contribution < -0.4 is 0 Å². The van der Waals surface area contributed by atoms with Crippen LogP contribution in [0.2, 0.25) is 0 Å². The summed E-state index contributed by atoms with van der Waals surface area (Å²) >= 11 is 0. The summed E-state index contributed by atoms with van der Waals surface area (Å²) < 4.78 is 12.6. The lowest BCUT2D eigenvalue weighted by molar-refractivity contribution is 0.237. The van der Waals surface area contributed by atoms with Gasteiger partial charge in [0.25, 0.3) is 0 Å². The van der Waals surface area contributed by atoms with E-state index in [0.29, 0.717) is 6.54 Å². The van der Waals surface area contributed by atoms with Crippen LogP contribution in [0, 0.1) is 17.2 Å². The minimum absolute atomic E-state index is 0.168. The SMILES string of the molecule is CN(Cc1ccccc1)CC(CF)CC#N. The molecule has 1 atom stereocenters. The van der Waals surface area contributed by atoms with Gasteiger partial charge < -0.3 is 4.90 Å². The fourth-order valence-electron chi connectivity index (χ4n) is 1.70. The molecule has 0 amide bonds. The monoisotopic (exact) mass is 220 g/mol. The predicted molar refractivity (Wildman–Crippen MR) is 62.5 cm³/mol. The van der Waals surface area contributed by atoms with E-state index in [4.69, 9.17) is 5.26 Å². The Bertz CT molecular complexity index is 332. The minimum atomic E-state index is -0.424. The first-order chi connectivity index (χ1) is 7.76. The number of alkyl halides is 1. The normalized spacial score (nSPS) is 12.4. The molecule has 0 fully saturated rings. The van der Waals surface area contributed by atoms with E-state index < -0.39 is 6.67 Å². The third kappa shape index (κ3) is 4.41. The lowest BCUT2D eigenvalue weighted by atomic mass is 10.1. The van der Waals surface area contributed by atoms with Crippen molar-refractivity contribution >= 4 is 0 Å². The highest BCUT2D eigenvalue weighted by Crippen LogP contribution is 2.08. The average molecular weight is 220 g/mol. The molecule has 0 aliphatic heterocycles. The number of rotatable bonds is 6. The number of hydrogen-bond acceptors (Lipinski definition) is 2. The van der Waals surface area contributed by atoms with Crippen LogP contribution in [0.5, 0.6) is 0 Å². The highest BCUT2D eigenvalue weighted by Gasteiger charge is 2.11. The van der Waals surface area contributed by atoms with Crippen molar-refractivity contribution < 1.29 is 4.39 Å². The molecule has 1 aromatic carbocycles. The fourth-order valence-corrected chi connectivity index (χ4v) is 1.70. The standard InChI is InChI=1S/C13H17FN2/c1-16(11-13(9-14)7-8-15)10-12-5-3-2-4-6-12/h2-6,13H,7,9-11H2,1H3. The van der Waals surface area contributed by atoms with Crippen molar-refractivity contribution in [3.63, 3.8) is 0 Å². The van der Waals surface area contributed by atoms with Gasteiger partial charge in [-0.25, -0.2) is 0 Å². The fraction of sp³-hybridized carbons (Fsp3) is 0.462. The Morgan fingerprint density at radius 2 is 2.06 bits per heavy atom. The van der Waals surface area contributed by atoms with Crippen LogP contribution in [0.4, 0.5) is 4.39 Å². The second kappa shape index (κ2) is 6.97. The minimum Gasteiger partial charge on any atom is -0.302 e. The van der Waals surface area contributed by atoms with Crippen molar-refractivity contribution in [2.75, 3.05) is 20.3 Å². The summed E-state index contributed by atoms with van der Waals surface area (Å²) in [7, 11) is 1.95. The molecule has 3 heteroatoms. The van der Waals surface area contributed by atoms with Crippen molar-refractivity contribution in [1.29, 1.82) is 5.26 Å². The number of hydrogen-bond donors (Lipinski definition) is 0. The Morgan fingerprint density at radius 1 is 1.38 bits per heavy atom. The van der Waals surface area contributed by atoms with E-state index >= 15 is 0 Å². The Labute approximate surface area is 96.3 Å². The molecule has 0 aliphatic rings. The van der Waals surface area contributed by atoms with Gasteiger partial charge in [0.15, 0.2) is 0 Å². The summed E-state index contributed by atoms with van der Waals surface area (Å²) in [5, 5.41) is 8.54. The molecule has 0 heterocycles.